The van der Waals surface area contributed by atoms with Crippen molar-refractivity contribution >= 4 is 50.3 Å². The molecule has 2 aromatic carbocycles. The first kappa shape index (κ1) is 14.9. The molecule has 0 unspecified atom stereocenters. The highest BCUT2D eigenvalue weighted by molar-refractivity contribution is 7.89. The number of hydrogen-bond donors (Lipinski definition) is 3. The molecule has 2 rings (SSSR count). The van der Waals surface area contributed by atoms with E-state index in [-0.39, 0.29) is 10.6 Å². The summed E-state index contributed by atoms with van der Waals surface area (Å²) >= 11 is 11.7. The quantitative estimate of drug-likeness (QED) is 0.753. The first-order chi connectivity index (χ1) is 9.29. The number of sulfonamides is 1. The van der Waals surface area contributed by atoms with Crippen LogP contribution in [0.2, 0.25) is 10.0 Å². The predicted molar refractivity (Wildman–Crippen MR) is 82.0 cm³/mol. The van der Waals surface area contributed by atoms with Crippen molar-refractivity contribution < 1.29 is 8.42 Å². The predicted octanol–water partition coefficient (Wildman–Crippen LogP) is 2.97. The minimum absolute atomic E-state index is 0.0427. The molecule has 0 aliphatic carbocycles. The second kappa shape index (κ2) is 5.49. The van der Waals surface area contributed by atoms with Crippen LogP contribution in [-0.4, -0.2) is 8.42 Å². The van der Waals surface area contributed by atoms with Gasteiger partial charge in [-0.15, -0.1) is 0 Å². The van der Waals surface area contributed by atoms with Gasteiger partial charge >= 0.3 is 0 Å². The zero-order valence-electron chi connectivity index (χ0n) is 10.1. The Balaban J connectivity index is 2.42. The molecule has 0 fully saturated rings. The SMILES string of the molecule is Nc1c(Nc2ccc(Cl)c(Cl)c2)cccc1S(N)(=O)=O. The summed E-state index contributed by atoms with van der Waals surface area (Å²) < 4.78 is 22.8. The third-order valence-corrected chi connectivity index (χ3v) is 4.28. The smallest absolute Gasteiger partial charge is 0.240 e. The number of para-hydroxylation sites is 1. The van der Waals surface area contributed by atoms with Gasteiger partial charge in [-0.25, -0.2) is 13.6 Å². The molecule has 5 nitrogen and oxygen atoms in total. The molecule has 0 bridgehead atoms. The molecule has 0 amide bonds. The lowest BCUT2D eigenvalue weighted by atomic mass is 10.2. The Labute approximate surface area is 126 Å². The zero-order valence-corrected chi connectivity index (χ0v) is 12.4. The number of benzene rings is 2. The number of hydrogen-bond acceptors (Lipinski definition) is 4. The molecule has 0 heterocycles. The van der Waals surface area contributed by atoms with Gasteiger partial charge in [0.05, 0.1) is 21.4 Å². The first-order valence-electron chi connectivity index (χ1n) is 5.42. The van der Waals surface area contributed by atoms with Gasteiger partial charge in [-0.2, -0.15) is 0 Å². The van der Waals surface area contributed by atoms with E-state index in [0.717, 1.165) is 0 Å². The van der Waals surface area contributed by atoms with Gasteiger partial charge in [0, 0.05) is 5.69 Å². The Morgan fingerprint density at radius 3 is 2.35 bits per heavy atom. The molecule has 2 aromatic rings. The highest BCUT2D eigenvalue weighted by Gasteiger charge is 2.14. The van der Waals surface area contributed by atoms with Crippen molar-refractivity contribution in [2.45, 2.75) is 4.90 Å². The number of halogens is 2. The number of nitrogens with one attached hydrogen (secondary N) is 1. The summed E-state index contributed by atoms with van der Waals surface area (Å²) in [5, 5.41) is 8.85. The van der Waals surface area contributed by atoms with E-state index < -0.39 is 10.0 Å². The van der Waals surface area contributed by atoms with Crippen molar-refractivity contribution in [1.82, 2.24) is 0 Å². The maximum Gasteiger partial charge on any atom is 0.240 e. The van der Waals surface area contributed by atoms with Gasteiger partial charge in [0.25, 0.3) is 0 Å². The van der Waals surface area contributed by atoms with Gasteiger partial charge < -0.3 is 11.1 Å². The lowest BCUT2D eigenvalue weighted by Gasteiger charge is -2.12. The maximum absolute atomic E-state index is 11.4. The van der Waals surface area contributed by atoms with Crippen molar-refractivity contribution in [3.05, 3.63) is 46.4 Å². The summed E-state index contributed by atoms with van der Waals surface area (Å²) in [5.41, 5.74) is 6.88. The molecule has 0 aromatic heterocycles. The number of anilines is 3. The summed E-state index contributed by atoms with van der Waals surface area (Å²) in [6.07, 6.45) is 0. The third-order valence-electron chi connectivity index (χ3n) is 2.57. The fourth-order valence-corrected chi connectivity index (χ4v) is 2.61. The van der Waals surface area contributed by atoms with Crippen LogP contribution in [0.1, 0.15) is 0 Å². The summed E-state index contributed by atoms with van der Waals surface area (Å²) in [7, 11) is -3.88. The highest BCUT2D eigenvalue weighted by atomic mass is 35.5. The van der Waals surface area contributed by atoms with E-state index in [0.29, 0.717) is 21.4 Å². The topological polar surface area (TPSA) is 98.2 Å². The summed E-state index contributed by atoms with van der Waals surface area (Å²) in [6, 6.07) is 9.42. The van der Waals surface area contributed by atoms with Crippen molar-refractivity contribution in [3.8, 4) is 0 Å². The molecule has 106 valence electrons. The summed E-state index contributed by atoms with van der Waals surface area (Å²) in [4.78, 5) is -0.137. The molecule has 0 aliphatic heterocycles. The van der Waals surface area contributed by atoms with Gasteiger partial charge in [0.15, 0.2) is 0 Å². The maximum atomic E-state index is 11.4. The van der Waals surface area contributed by atoms with Crippen molar-refractivity contribution in [2.75, 3.05) is 11.1 Å². The van der Waals surface area contributed by atoms with Gasteiger partial charge in [-0.05, 0) is 30.3 Å². The second-order valence-corrected chi connectivity index (χ2v) is 6.36. The fourth-order valence-electron chi connectivity index (χ4n) is 1.63. The lowest BCUT2D eigenvalue weighted by Crippen LogP contribution is -2.15. The standard InChI is InChI=1S/C12H11Cl2N3O2S/c13-8-5-4-7(6-9(8)14)17-10-2-1-3-11(12(10)15)20(16,18)19/h1-6,17H,15H2,(H2,16,18,19). The Morgan fingerprint density at radius 2 is 1.75 bits per heavy atom. The van der Waals surface area contributed by atoms with E-state index in [1.807, 2.05) is 0 Å². The number of rotatable bonds is 3. The first-order valence-corrected chi connectivity index (χ1v) is 7.72. The molecule has 0 aliphatic rings. The molecular formula is C12H11Cl2N3O2S. The molecular weight excluding hydrogens is 321 g/mol. The number of primary sulfonamides is 1. The largest absolute Gasteiger partial charge is 0.396 e. The molecule has 0 radical (unpaired) electrons. The van der Waals surface area contributed by atoms with E-state index >= 15 is 0 Å². The van der Waals surface area contributed by atoms with Crippen LogP contribution in [0.15, 0.2) is 41.3 Å². The molecule has 0 spiro atoms. The number of nitrogen functional groups attached to an aromatic ring is 1. The van der Waals surface area contributed by atoms with Crippen LogP contribution in [0.3, 0.4) is 0 Å². The average molecular weight is 332 g/mol. The molecule has 5 N–H and O–H groups in total. The van der Waals surface area contributed by atoms with E-state index in [1.165, 1.54) is 12.1 Å². The van der Waals surface area contributed by atoms with Crippen LogP contribution < -0.4 is 16.2 Å². The second-order valence-electron chi connectivity index (χ2n) is 4.02. The van der Waals surface area contributed by atoms with Crippen LogP contribution in [0.5, 0.6) is 0 Å². The van der Waals surface area contributed by atoms with E-state index in [9.17, 15) is 8.42 Å². The van der Waals surface area contributed by atoms with Crippen LogP contribution in [0, 0.1) is 0 Å². The highest BCUT2D eigenvalue weighted by Crippen LogP contribution is 2.31. The van der Waals surface area contributed by atoms with Crippen LogP contribution in [0.4, 0.5) is 17.1 Å². The lowest BCUT2D eigenvalue weighted by molar-refractivity contribution is 0.598. The zero-order chi connectivity index (χ0) is 14.9. The Bertz CT molecular complexity index is 763. The van der Waals surface area contributed by atoms with Crippen molar-refractivity contribution in [3.63, 3.8) is 0 Å². The summed E-state index contributed by atoms with van der Waals surface area (Å²) in [6.45, 7) is 0. The molecule has 20 heavy (non-hydrogen) atoms. The summed E-state index contributed by atoms with van der Waals surface area (Å²) in [5.74, 6) is 0. The normalized spacial score (nSPS) is 11.3. The molecule has 0 saturated carbocycles. The third kappa shape index (κ3) is 3.16. The van der Waals surface area contributed by atoms with Crippen molar-refractivity contribution in [1.29, 1.82) is 0 Å². The Hall–Kier alpha value is -1.47. The minimum atomic E-state index is -3.88. The minimum Gasteiger partial charge on any atom is -0.396 e. The Morgan fingerprint density at radius 1 is 1.05 bits per heavy atom. The monoisotopic (exact) mass is 331 g/mol. The van der Waals surface area contributed by atoms with Crippen LogP contribution in [-0.2, 0) is 10.0 Å². The van der Waals surface area contributed by atoms with E-state index in [4.69, 9.17) is 34.1 Å². The Kier molecular flexibility index (Phi) is 4.10. The van der Waals surface area contributed by atoms with E-state index in [2.05, 4.69) is 5.32 Å². The fraction of sp³-hybridized carbons (Fsp3) is 0. The van der Waals surface area contributed by atoms with Gasteiger partial charge in [0.2, 0.25) is 10.0 Å². The number of nitrogens with two attached hydrogens (primary N) is 2. The molecule has 0 saturated heterocycles. The van der Waals surface area contributed by atoms with Gasteiger partial charge in [0.1, 0.15) is 4.90 Å². The molecule has 8 heteroatoms. The average Bonchev–Trinajstić information content (AvgIpc) is 2.35. The molecule has 0 atom stereocenters. The van der Waals surface area contributed by atoms with Crippen LogP contribution >= 0.6 is 23.2 Å². The van der Waals surface area contributed by atoms with Gasteiger partial charge in [-0.1, -0.05) is 29.3 Å². The van der Waals surface area contributed by atoms with Crippen LogP contribution in [0.25, 0.3) is 0 Å². The van der Waals surface area contributed by atoms with E-state index in [1.54, 1.807) is 24.3 Å². The van der Waals surface area contributed by atoms with Crippen molar-refractivity contribution in [2.24, 2.45) is 5.14 Å². The van der Waals surface area contributed by atoms with Gasteiger partial charge in [-0.3, -0.25) is 0 Å².